The van der Waals surface area contributed by atoms with Crippen LogP contribution >= 0.6 is 11.6 Å². The maximum Gasteiger partial charge on any atom is 0.238 e. The number of ether oxygens (including phenoxy) is 1. The minimum Gasteiger partial charge on any atom is -0.495 e. The maximum absolute atomic E-state index is 11.7. The van der Waals surface area contributed by atoms with Crippen molar-refractivity contribution < 1.29 is 17.9 Å². The van der Waals surface area contributed by atoms with Crippen LogP contribution in [0, 0.1) is 0 Å². The van der Waals surface area contributed by atoms with Gasteiger partial charge in [0.15, 0.2) is 0 Å². The molecule has 0 heterocycles. The summed E-state index contributed by atoms with van der Waals surface area (Å²) in [7, 11) is -2.28. The van der Waals surface area contributed by atoms with Crippen molar-refractivity contribution in [3.63, 3.8) is 0 Å². The van der Waals surface area contributed by atoms with Gasteiger partial charge >= 0.3 is 0 Å². The molecule has 1 amide bonds. The molecule has 0 saturated carbocycles. The first kappa shape index (κ1) is 14.6. The Morgan fingerprint density at radius 2 is 2.11 bits per heavy atom. The Kier molecular flexibility index (Phi) is 4.42. The summed E-state index contributed by atoms with van der Waals surface area (Å²) in [6, 6.07) is 4.45. The number of benzene rings is 1. The summed E-state index contributed by atoms with van der Waals surface area (Å²) in [5, 5.41) is 0.323. The van der Waals surface area contributed by atoms with Crippen LogP contribution in [0.3, 0.4) is 0 Å². The van der Waals surface area contributed by atoms with E-state index in [-0.39, 0.29) is 11.4 Å². The van der Waals surface area contributed by atoms with Gasteiger partial charge in [-0.1, -0.05) is 11.6 Å². The van der Waals surface area contributed by atoms with Crippen molar-refractivity contribution in [2.45, 2.75) is 0 Å². The van der Waals surface area contributed by atoms with Crippen LogP contribution in [0.5, 0.6) is 5.75 Å². The molecule has 0 unspecified atom stereocenters. The topological polar surface area (TPSA) is 89.7 Å². The SMILES string of the molecule is COc1ccc(Cl)cc1N(CC(N)=O)S(C)(=O)=O. The molecule has 2 N–H and O–H groups in total. The molecule has 1 aromatic carbocycles. The number of halogens is 1. The van der Waals surface area contributed by atoms with Crippen molar-refractivity contribution in [1.82, 2.24) is 0 Å². The Balaban J connectivity index is 3.37. The molecule has 0 saturated heterocycles. The second-order valence-electron chi connectivity index (χ2n) is 3.55. The Bertz CT molecular complexity index is 559. The number of carbonyl (C=O) groups excluding carboxylic acids is 1. The second kappa shape index (κ2) is 5.45. The first-order valence-corrected chi connectivity index (χ1v) is 7.08. The average Bonchev–Trinajstić information content (AvgIpc) is 2.24. The van der Waals surface area contributed by atoms with E-state index in [2.05, 4.69) is 0 Å². The number of primary amides is 1. The predicted molar refractivity (Wildman–Crippen MR) is 69.4 cm³/mol. The van der Waals surface area contributed by atoms with Gasteiger partial charge in [0.25, 0.3) is 0 Å². The van der Waals surface area contributed by atoms with Gasteiger partial charge in [0.1, 0.15) is 12.3 Å². The molecule has 0 fully saturated rings. The molecular weight excluding hydrogens is 280 g/mol. The van der Waals surface area contributed by atoms with Crippen LogP contribution in [0.1, 0.15) is 0 Å². The third kappa shape index (κ3) is 3.51. The van der Waals surface area contributed by atoms with Gasteiger partial charge in [0, 0.05) is 5.02 Å². The van der Waals surface area contributed by atoms with E-state index >= 15 is 0 Å². The lowest BCUT2D eigenvalue weighted by atomic mass is 10.3. The molecule has 0 radical (unpaired) electrons. The number of methoxy groups -OCH3 is 1. The first-order chi connectivity index (χ1) is 8.25. The van der Waals surface area contributed by atoms with Gasteiger partial charge in [-0.05, 0) is 18.2 Å². The van der Waals surface area contributed by atoms with Crippen molar-refractivity contribution in [3.8, 4) is 5.75 Å². The fourth-order valence-electron chi connectivity index (χ4n) is 1.38. The van der Waals surface area contributed by atoms with Crippen molar-refractivity contribution in [2.75, 3.05) is 24.2 Å². The van der Waals surface area contributed by atoms with Crippen LogP contribution in [-0.2, 0) is 14.8 Å². The van der Waals surface area contributed by atoms with E-state index in [1.807, 2.05) is 0 Å². The van der Waals surface area contributed by atoms with E-state index in [1.54, 1.807) is 6.07 Å². The summed E-state index contributed by atoms with van der Waals surface area (Å²) in [6.07, 6.45) is 0.969. The highest BCUT2D eigenvalue weighted by molar-refractivity contribution is 7.92. The minimum absolute atomic E-state index is 0.173. The number of anilines is 1. The molecule has 0 aliphatic rings. The smallest absolute Gasteiger partial charge is 0.238 e. The Morgan fingerprint density at radius 3 is 2.56 bits per heavy atom. The average molecular weight is 293 g/mol. The van der Waals surface area contributed by atoms with E-state index in [9.17, 15) is 13.2 Å². The van der Waals surface area contributed by atoms with Crippen LogP contribution in [0.2, 0.25) is 5.02 Å². The second-order valence-corrected chi connectivity index (χ2v) is 5.90. The molecule has 0 atom stereocenters. The summed E-state index contributed by atoms with van der Waals surface area (Å²) in [5.74, 6) is -0.492. The lowest BCUT2D eigenvalue weighted by Crippen LogP contribution is -2.38. The standard InChI is InChI=1S/C10H13ClN2O4S/c1-17-9-4-3-7(11)5-8(9)13(6-10(12)14)18(2,15)16/h3-5H,6H2,1-2H3,(H2,12,14). The van der Waals surface area contributed by atoms with Crippen molar-refractivity contribution in [1.29, 1.82) is 0 Å². The molecule has 6 nitrogen and oxygen atoms in total. The van der Waals surface area contributed by atoms with E-state index in [0.29, 0.717) is 5.02 Å². The molecule has 0 bridgehead atoms. The van der Waals surface area contributed by atoms with Crippen LogP contribution in [-0.4, -0.2) is 34.2 Å². The fraction of sp³-hybridized carbons (Fsp3) is 0.300. The summed E-state index contributed by atoms with van der Waals surface area (Å²) in [6.45, 7) is -0.477. The molecule has 0 aliphatic carbocycles. The van der Waals surface area contributed by atoms with Gasteiger partial charge in [-0.3, -0.25) is 9.10 Å². The highest BCUT2D eigenvalue weighted by Gasteiger charge is 2.23. The number of carbonyl (C=O) groups is 1. The minimum atomic E-state index is -3.67. The number of sulfonamides is 1. The third-order valence-electron chi connectivity index (χ3n) is 2.11. The van der Waals surface area contributed by atoms with E-state index < -0.39 is 22.5 Å². The molecule has 1 rings (SSSR count). The first-order valence-electron chi connectivity index (χ1n) is 4.85. The van der Waals surface area contributed by atoms with E-state index in [1.165, 1.54) is 19.2 Å². The number of rotatable bonds is 5. The van der Waals surface area contributed by atoms with E-state index in [4.69, 9.17) is 22.1 Å². The summed E-state index contributed by atoms with van der Waals surface area (Å²) >= 11 is 5.81. The summed E-state index contributed by atoms with van der Waals surface area (Å²) in [4.78, 5) is 11.0. The molecular formula is C10H13ClN2O4S. The normalized spacial score (nSPS) is 11.1. The number of amides is 1. The van der Waals surface area contributed by atoms with Crippen molar-refractivity contribution in [2.24, 2.45) is 5.73 Å². The van der Waals surface area contributed by atoms with Gasteiger partial charge < -0.3 is 10.5 Å². The molecule has 0 aliphatic heterocycles. The van der Waals surface area contributed by atoms with Gasteiger partial charge in [-0.15, -0.1) is 0 Å². The maximum atomic E-state index is 11.7. The van der Waals surface area contributed by atoms with E-state index in [0.717, 1.165) is 10.6 Å². The molecule has 0 aromatic heterocycles. The van der Waals surface area contributed by atoms with Gasteiger partial charge in [0.2, 0.25) is 15.9 Å². The zero-order valence-corrected chi connectivity index (χ0v) is 11.5. The van der Waals surface area contributed by atoms with Gasteiger partial charge in [-0.2, -0.15) is 0 Å². The lowest BCUT2D eigenvalue weighted by molar-refractivity contribution is -0.116. The molecule has 100 valence electrons. The zero-order valence-electron chi connectivity index (χ0n) is 9.88. The number of hydrogen-bond donors (Lipinski definition) is 1. The third-order valence-corrected chi connectivity index (χ3v) is 3.47. The van der Waals surface area contributed by atoms with Crippen LogP contribution in [0.15, 0.2) is 18.2 Å². The van der Waals surface area contributed by atoms with Crippen molar-refractivity contribution in [3.05, 3.63) is 23.2 Å². The van der Waals surface area contributed by atoms with Crippen LogP contribution in [0.25, 0.3) is 0 Å². The quantitative estimate of drug-likeness (QED) is 0.860. The Morgan fingerprint density at radius 1 is 1.50 bits per heavy atom. The highest BCUT2D eigenvalue weighted by Crippen LogP contribution is 2.32. The number of nitrogens with two attached hydrogens (primary N) is 1. The Hall–Kier alpha value is -1.47. The summed E-state index contributed by atoms with van der Waals surface area (Å²) < 4.78 is 29.2. The highest BCUT2D eigenvalue weighted by atomic mass is 35.5. The van der Waals surface area contributed by atoms with Gasteiger partial charge in [0.05, 0.1) is 19.1 Å². The summed E-state index contributed by atoms with van der Waals surface area (Å²) in [5.41, 5.74) is 5.21. The Labute approximate surface area is 110 Å². The fourth-order valence-corrected chi connectivity index (χ4v) is 2.41. The lowest BCUT2D eigenvalue weighted by Gasteiger charge is -2.22. The number of hydrogen-bond acceptors (Lipinski definition) is 4. The van der Waals surface area contributed by atoms with Gasteiger partial charge in [-0.25, -0.2) is 8.42 Å². The van der Waals surface area contributed by atoms with Crippen LogP contribution < -0.4 is 14.8 Å². The monoisotopic (exact) mass is 292 g/mol. The molecule has 18 heavy (non-hydrogen) atoms. The molecule has 0 spiro atoms. The molecule has 8 heteroatoms. The van der Waals surface area contributed by atoms with Crippen molar-refractivity contribution >= 4 is 33.2 Å². The zero-order chi connectivity index (χ0) is 13.9. The number of nitrogens with zero attached hydrogens (tertiary/aromatic N) is 1. The van der Waals surface area contributed by atoms with Crippen LogP contribution in [0.4, 0.5) is 5.69 Å². The predicted octanol–water partition coefficient (Wildman–Crippen LogP) is 0.600. The molecule has 1 aromatic rings. The largest absolute Gasteiger partial charge is 0.495 e.